The van der Waals surface area contributed by atoms with Crippen LogP contribution in [0.2, 0.25) is 0 Å². The van der Waals surface area contributed by atoms with Gasteiger partial charge in [0.15, 0.2) is 5.75 Å². The van der Waals surface area contributed by atoms with E-state index in [0.29, 0.717) is 5.69 Å². The molecule has 1 heterocycles. The Morgan fingerprint density at radius 3 is 2.75 bits per heavy atom. The molecule has 1 aromatic carbocycles. The summed E-state index contributed by atoms with van der Waals surface area (Å²) in [6, 6.07) is 8.18. The summed E-state index contributed by atoms with van der Waals surface area (Å²) in [7, 11) is 0. The van der Waals surface area contributed by atoms with Gasteiger partial charge in [0, 0.05) is 22.6 Å². The number of alkyl halides is 1. The van der Waals surface area contributed by atoms with Crippen LogP contribution in [0, 0.1) is 10.1 Å². The van der Waals surface area contributed by atoms with Gasteiger partial charge in [-0.3, -0.25) is 15.1 Å². The van der Waals surface area contributed by atoms with Crippen molar-refractivity contribution in [1.29, 1.82) is 0 Å². The van der Waals surface area contributed by atoms with Crippen molar-refractivity contribution in [1.82, 2.24) is 4.98 Å². The molecule has 0 saturated carbocycles. The first-order valence-electron chi connectivity index (χ1n) is 5.66. The first-order chi connectivity index (χ1) is 9.60. The average Bonchev–Trinajstić information content (AvgIpc) is 2.46. The normalized spacial score (nSPS) is 10.3. The van der Waals surface area contributed by atoms with Gasteiger partial charge >= 0.3 is 5.69 Å². The van der Waals surface area contributed by atoms with E-state index in [2.05, 4.69) is 20.9 Å². The Labute approximate surface area is 128 Å². The molecular formula is C13H10BrClN2O3. The van der Waals surface area contributed by atoms with E-state index in [1.165, 1.54) is 6.07 Å². The number of halogens is 2. The van der Waals surface area contributed by atoms with Crippen LogP contribution in [0.1, 0.15) is 11.3 Å². The highest BCUT2D eigenvalue weighted by Crippen LogP contribution is 2.29. The van der Waals surface area contributed by atoms with Crippen LogP contribution in [-0.4, -0.2) is 9.91 Å². The summed E-state index contributed by atoms with van der Waals surface area (Å²) in [5.41, 5.74) is 1.35. The summed E-state index contributed by atoms with van der Waals surface area (Å²) in [5.74, 6) is 0.461. The van der Waals surface area contributed by atoms with Crippen molar-refractivity contribution in [2.75, 3.05) is 0 Å². The van der Waals surface area contributed by atoms with Crippen LogP contribution in [0.5, 0.6) is 5.75 Å². The molecule has 0 bridgehead atoms. The van der Waals surface area contributed by atoms with Gasteiger partial charge in [0.25, 0.3) is 0 Å². The Kier molecular flexibility index (Phi) is 4.92. The lowest BCUT2D eigenvalue weighted by molar-refractivity contribution is -0.386. The van der Waals surface area contributed by atoms with Crippen LogP contribution in [0.15, 0.2) is 41.0 Å². The molecule has 2 rings (SSSR count). The molecule has 0 aliphatic carbocycles. The lowest BCUT2D eigenvalue weighted by Crippen LogP contribution is -2.01. The second-order valence-electron chi connectivity index (χ2n) is 3.95. The SMILES string of the molecule is O=[N+]([O-])c1ccc(CCl)cc1OCc1ccc(Br)cn1. The molecule has 0 fully saturated rings. The van der Waals surface area contributed by atoms with Crippen LogP contribution in [-0.2, 0) is 12.5 Å². The van der Waals surface area contributed by atoms with Gasteiger partial charge in [-0.2, -0.15) is 0 Å². The van der Waals surface area contributed by atoms with Crippen molar-refractivity contribution in [2.45, 2.75) is 12.5 Å². The van der Waals surface area contributed by atoms with Gasteiger partial charge in [0.05, 0.1) is 10.6 Å². The van der Waals surface area contributed by atoms with Gasteiger partial charge in [-0.25, -0.2) is 0 Å². The Balaban J connectivity index is 2.18. The monoisotopic (exact) mass is 356 g/mol. The molecule has 0 radical (unpaired) electrons. The Hall–Kier alpha value is -1.66. The van der Waals surface area contributed by atoms with E-state index >= 15 is 0 Å². The van der Waals surface area contributed by atoms with Crippen LogP contribution in [0.3, 0.4) is 0 Å². The van der Waals surface area contributed by atoms with Crippen molar-refractivity contribution in [3.05, 3.63) is 62.4 Å². The topological polar surface area (TPSA) is 65.3 Å². The summed E-state index contributed by atoms with van der Waals surface area (Å²) >= 11 is 9.01. The van der Waals surface area contributed by atoms with Gasteiger partial charge in [-0.15, -0.1) is 11.6 Å². The molecule has 20 heavy (non-hydrogen) atoms. The van der Waals surface area contributed by atoms with Crippen LogP contribution < -0.4 is 4.74 Å². The highest BCUT2D eigenvalue weighted by molar-refractivity contribution is 9.10. The minimum Gasteiger partial charge on any atom is -0.480 e. The second kappa shape index (κ2) is 6.67. The van der Waals surface area contributed by atoms with Gasteiger partial charge in [0.2, 0.25) is 0 Å². The molecule has 5 nitrogen and oxygen atoms in total. The summed E-state index contributed by atoms with van der Waals surface area (Å²) in [6.45, 7) is 0.153. The predicted octanol–water partition coefficient (Wildman–Crippen LogP) is 4.07. The fourth-order valence-corrected chi connectivity index (χ4v) is 1.95. The number of ether oxygens (including phenoxy) is 1. The van der Waals surface area contributed by atoms with E-state index in [-0.39, 0.29) is 23.9 Å². The molecule has 1 aromatic heterocycles. The second-order valence-corrected chi connectivity index (χ2v) is 5.13. The summed E-state index contributed by atoms with van der Waals surface area (Å²) < 4.78 is 6.35. The molecule has 2 aromatic rings. The third kappa shape index (κ3) is 3.68. The maximum absolute atomic E-state index is 10.9. The standard InChI is InChI=1S/C13H10BrClN2O3/c14-10-2-3-11(16-7-10)8-20-13-5-9(6-15)1-4-12(13)17(18)19/h1-5,7H,6,8H2. The third-order valence-electron chi connectivity index (χ3n) is 2.54. The van der Waals surface area contributed by atoms with Crippen molar-refractivity contribution >= 4 is 33.2 Å². The number of nitro benzene ring substituents is 1. The van der Waals surface area contributed by atoms with Crippen molar-refractivity contribution < 1.29 is 9.66 Å². The number of hydrogen-bond donors (Lipinski definition) is 0. The Morgan fingerprint density at radius 2 is 2.15 bits per heavy atom. The molecule has 7 heteroatoms. The maximum Gasteiger partial charge on any atom is 0.310 e. The number of pyridine rings is 1. The van der Waals surface area contributed by atoms with Gasteiger partial charge < -0.3 is 4.74 Å². The van der Waals surface area contributed by atoms with Crippen molar-refractivity contribution in [3.63, 3.8) is 0 Å². The molecule has 0 amide bonds. The summed E-state index contributed by atoms with van der Waals surface area (Å²) in [6.07, 6.45) is 1.64. The first-order valence-corrected chi connectivity index (χ1v) is 6.99. The van der Waals surface area contributed by atoms with E-state index in [1.807, 2.05) is 6.07 Å². The largest absolute Gasteiger partial charge is 0.480 e. The van der Waals surface area contributed by atoms with Crippen molar-refractivity contribution in [2.24, 2.45) is 0 Å². The third-order valence-corrected chi connectivity index (χ3v) is 3.32. The smallest absolute Gasteiger partial charge is 0.310 e. The Bertz CT molecular complexity index is 620. The minimum absolute atomic E-state index is 0.0871. The molecule has 0 unspecified atom stereocenters. The summed E-state index contributed by atoms with van der Waals surface area (Å²) in [4.78, 5) is 14.6. The van der Waals surface area contributed by atoms with E-state index in [1.54, 1.807) is 24.4 Å². The Morgan fingerprint density at radius 1 is 1.35 bits per heavy atom. The van der Waals surface area contributed by atoms with E-state index < -0.39 is 4.92 Å². The quantitative estimate of drug-likeness (QED) is 0.459. The van der Waals surface area contributed by atoms with Crippen LogP contribution >= 0.6 is 27.5 Å². The van der Waals surface area contributed by atoms with E-state index in [4.69, 9.17) is 16.3 Å². The highest BCUT2D eigenvalue weighted by atomic mass is 79.9. The van der Waals surface area contributed by atoms with E-state index in [9.17, 15) is 10.1 Å². The molecule has 104 valence electrons. The van der Waals surface area contributed by atoms with Gasteiger partial charge in [-0.05, 0) is 39.7 Å². The number of aromatic nitrogens is 1. The fraction of sp³-hybridized carbons (Fsp3) is 0.154. The van der Waals surface area contributed by atoms with Crippen molar-refractivity contribution in [3.8, 4) is 5.75 Å². The predicted molar refractivity (Wildman–Crippen MR) is 78.9 cm³/mol. The lowest BCUT2D eigenvalue weighted by atomic mass is 10.2. The first kappa shape index (κ1) is 14.7. The fourth-order valence-electron chi connectivity index (χ4n) is 1.55. The number of rotatable bonds is 5. The number of benzene rings is 1. The molecule has 0 atom stereocenters. The zero-order valence-corrected chi connectivity index (χ0v) is 12.6. The number of hydrogen-bond acceptors (Lipinski definition) is 4. The molecule has 0 aliphatic heterocycles. The molecular weight excluding hydrogens is 348 g/mol. The van der Waals surface area contributed by atoms with E-state index in [0.717, 1.165) is 10.0 Å². The molecule has 0 saturated heterocycles. The van der Waals surface area contributed by atoms with Crippen LogP contribution in [0.4, 0.5) is 5.69 Å². The zero-order valence-electron chi connectivity index (χ0n) is 10.3. The number of nitro groups is 1. The van der Waals surface area contributed by atoms with Gasteiger partial charge in [0.1, 0.15) is 6.61 Å². The molecule has 0 N–H and O–H groups in total. The zero-order chi connectivity index (χ0) is 14.5. The highest BCUT2D eigenvalue weighted by Gasteiger charge is 2.15. The molecule has 0 aliphatic rings. The van der Waals surface area contributed by atoms with Crippen LogP contribution in [0.25, 0.3) is 0 Å². The summed E-state index contributed by atoms with van der Waals surface area (Å²) in [5, 5.41) is 10.9. The lowest BCUT2D eigenvalue weighted by Gasteiger charge is -2.07. The molecule has 0 spiro atoms. The average molecular weight is 358 g/mol. The number of nitrogens with zero attached hydrogens (tertiary/aromatic N) is 2. The maximum atomic E-state index is 10.9. The minimum atomic E-state index is -0.484. The van der Waals surface area contributed by atoms with Gasteiger partial charge in [-0.1, -0.05) is 6.07 Å².